The zero-order valence-corrected chi connectivity index (χ0v) is 23.0. The first kappa shape index (κ1) is 26.8. The molecule has 1 fully saturated rings. The minimum absolute atomic E-state index is 0.0278. The predicted octanol–water partition coefficient (Wildman–Crippen LogP) is 5.29. The van der Waals surface area contributed by atoms with Gasteiger partial charge in [-0.05, 0) is 44.6 Å². The van der Waals surface area contributed by atoms with Crippen molar-refractivity contribution in [3.8, 4) is 0 Å². The molecule has 0 radical (unpaired) electrons. The fourth-order valence-electron chi connectivity index (χ4n) is 6.13. The smallest absolute Gasteiger partial charge is 0.271 e. The lowest BCUT2D eigenvalue weighted by molar-refractivity contribution is -0.133. The first-order valence-corrected chi connectivity index (χ1v) is 14.1. The van der Waals surface area contributed by atoms with E-state index in [2.05, 4.69) is 37.9 Å². The zero-order valence-electron chi connectivity index (χ0n) is 23.0. The Hall–Kier alpha value is -2.28. The van der Waals surface area contributed by atoms with Gasteiger partial charge in [0.1, 0.15) is 11.2 Å². The van der Waals surface area contributed by atoms with Gasteiger partial charge in [0.2, 0.25) is 5.91 Å². The van der Waals surface area contributed by atoms with E-state index in [1.165, 1.54) is 12.8 Å². The van der Waals surface area contributed by atoms with Crippen molar-refractivity contribution in [3.63, 3.8) is 0 Å². The van der Waals surface area contributed by atoms with Crippen LogP contribution in [0.2, 0.25) is 0 Å². The monoisotopic (exact) mass is 498 g/mol. The van der Waals surface area contributed by atoms with Crippen molar-refractivity contribution in [1.29, 1.82) is 0 Å². The number of hydrogen-bond donors (Lipinski definition) is 1. The molecule has 1 N–H and O–H groups in total. The zero-order chi connectivity index (χ0) is 25.9. The lowest BCUT2D eigenvalue weighted by atomic mass is 9.93. The van der Waals surface area contributed by atoms with Gasteiger partial charge in [-0.3, -0.25) is 9.59 Å². The highest BCUT2D eigenvalue weighted by Gasteiger charge is 2.48. The number of rotatable bonds is 10. The van der Waals surface area contributed by atoms with Crippen LogP contribution in [0.15, 0.2) is 22.8 Å². The summed E-state index contributed by atoms with van der Waals surface area (Å²) < 4.78 is 7.59. The van der Waals surface area contributed by atoms with Crippen LogP contribution >= 0.6 is 0 Å². The summed E-state index contributed by atoms with van der Waals surface area (Å²) in [7, 11) is 0. The molecule has 0 aromatic carbocycles. The number of aromatic nitrogens is 1. The van der Waals surface area contributed by atoms with Crippen LogP contribution in [-0.4, -0.2) is 63.9 Å². The maximum atomic E-state index is 13.9. The van der Waals surface area contributed by atoms with Crippen LogP contribution in [0.25, 0.3) is 11.1 Å². The van der Waals surface area contributed by atoms with E-state index in [1.54, 1.807) is 6.26 Å². The Morgan fingerprint density at radius 3 is 2.44 bits per heavy atom. The molecule has 0 spiro atoms. The van der Waals surface area contributed by atoms with E-state index >= 15 is 0 Å². The van der Waals surface area contributed by atoms with Gasteiger partial charge in [-0.25, -0.2) is 0 Å². The molecule has 2 aromatic rings. The second-order valence-electron chi connectivity index (χ2n) is 12.1. The number of hydrogen-bond acceptors (Lipinski definition) is 4. The molecule has 1 aliphatic carbocycles. The Morgan fingerprint density at radius 2 is 1.81 bits per heavy atom. The largest absolute Gasteiger partial charge is 0.463 e. The maximum Gasteiger partial charge on any atom is 0.271 e. The molecule has 0 saturated heterocycles. The summed E-state index contributed by atoms with van der Waals surface area (Å²) in [5.41, 5.74) is 1.25. The lowest BCUT2D eigenvalue weighted by Crippen LogP contribution is -2.65. The van der Waals surface area contributed by atoms with Crippen LogP contribution in [0.5, 0.6) is 0 Å². The van der Waals surface area contributed by atoms with Gasteiger partial charge in [-0.2, -0.15) is 0 Å². The Bertz CT molecular complexity index is 1020. The second-order valence-corrected chi connectivity index (χ2v) is 12.1. The van der Waals surface area contributed by atoms with Crippen LogP contribution in [0.1, 0.15) is 90.1 Å². The number of carbonyl (C=O) groups excluding carboxylic acids is 2. The average Bonchev–Trinajstić information content (AvgIpc) is 3.29. The van der Waals surface area contributed by atoms with Crippen molar-refractivity contribution in [3.05, 3.63) is 24.1 Å². The summed E-state index contributed by atoms with van der Waals surface area (Å²) in [4.78, 5) is 32.1. The van der Waals surface area contributed by atoms with Gasteiger partial charge >= 0.3 is 0 Å². The molecular formula is C29H46N4O3. The summed E-state index contributed by atoms with van der Waals surface area (Å²) in [6, 6.07) is 3.92. The molecule has 7 heteroatoms. The van der Waals surface area contributed by atoms with Gasteiger partial charge in [-0.1, -0.05) is 53.4 Å². The molecule has 1 unspecified atom stereocenters. The third kappa shape index (κ3) is 5.82. The molecular weight excluding hydrogens is 452 g/mol. The lowest BCUT2D eigenvalue weighted by Gasteiger charge is -2.45. The van der Waals surface area contributed by atoms with Crippen molar-refractivity contribution >= 4 is 22.9 Å². The Kier molecular flexibility index (Phi) is 8.48. The number of amides is 2. The quantitative estimate of drug-likeness (QED) is 0.452. The Morgan fingerprint density at radius 1 is 1.14 bits per heavy atom. The van der Waals surface area contributed by atoms with E-state index in [0.717, 1.165) is 57.3 Å². The van der Waals surface area contributed by atoms with E-state index < -0.39 is 5.54 Å². The molecule has 4 rings (SSSR count). The number of nitrogens with zero attached hydrogens (tertiary/aromatic N) is 3. The normalized spacial score (nSPS) is 21.6. The summed E-state index contributed by atoms with van der Waals surface area (Å²) in [5.74, 6) is 1.08. The number of fused-ring (bicyclic) bond motifs is 3. The molecule has 1 aliphatic heterocycles. The van der Waals surface area contributed by atoms with Gasteiger partial charge in [0.25, 0.3) is 5.91 Å². The van der Waals surface area contributed by atoms with Crippen molar-refractivity contribution in [1.82, 2.24) is 19.7 Å². The first-order chi connectivity index (χ1) is 17.2. The summed E-state index contributed by atoms with van der Waals surface area (Å²) in [5, 5.41) is 3.36. The van der Waals surface area contributed by atoms with Crippen LogP contribution < -0.4 is 5.32 Å². The van der Waals surface area contributed by atoms with E-state index in [1.807, 2.05) is 28.5 Å². The number of furan rings is 1. The van der Waals surface area contributed by atoms with E-state index in [0.29, 0.717) is 36.2 Å². The minimum atomic E-state index is -0.944. The summed E-state index contributed by atoms with van der Waals surface area (Å²) >= 11 is 0. The molecule has 2 aliphatic rings. The standard InChI is InChI=1S/C29H46N4O3/c1-21(2)18-31(19-22(3)4)14-10-15-33-27(34)25-17-26-24(13-16-36-26)32(25)20-29(33,5)28(35)30-23-11-8-6-7-9-12-23/h13,16-17,21-23H,6-12,14-15,18-20H2,1-5H3,(H,30,35). The molecule has 2 aromatic heterocycles. The highest BCUT2D eigenvalue weighted by atomic mass is 16.3. The van der Waals surface area contributed by atoms with Crippen molar-refractivity contribution in [2.24, 2.45) is 11.8 Å². The predicted molar refractivity (Wildman–Crippen MR) is 144 cm³/mol. The van der Waals surface area contributed by atoms with Crippen molar-refractivity contribution < 1.29 is 14.0 Å². The SMILES string of the molecule is CC(C)CN(CCCN1C(=O)c2cc3occc3n2CC1(C)C(=O)NC1CCCCCC1)CC(C)C. The van der Waals surface area contributed by atoms with E-state index in [4.69, 9.17) is 4.42 Å². The number of carbonyl (C=O) groups is 2. The highest BCUT2D eigenvalue weighted by molar-refractivity contribution is 6.02. The third-order valence-electron chi connectivity index (χ3n) is 7.83. The van der Waals surface area contributed by atoms with E-state index in [-0.39, 0.29) is 17.9 Å². The van der Waals surface area contributed by atoms with Gasteiger partial charge < -0.3 is 24.1 Å². The van der Waals surface area contributed by atoms with Crippen molar-refractivity contribution in [2.75, 3.05) is 26.2 Å². The van der Waals surface area contributed by atoms with Gasteiger partial charge in [-0.15, -0.1) is 0 Å². The molecule has 200 valence electrons. The molecule has 2 amide bonds. The van der Waals surface area contributed by atoms with Crippen LogP contribution in [0.3, 0.4) is 0 Å². The highest BCUT2D eigenvalue weighted by Crippen LogP contribution is 2.33. The molecule has 3 heterocycles. The minimum Gasteiger partial charge on any atom is -0.463 e. The molecule has 7 nitrogen and oxygen atoms in total. The summed E-state index contributed by atoms with van der Waals surface area (Å²) in [6.07, 6.45) is 9.33. The Labute approximate surface area is 216 Å². The van der Waals surface area contributed by atoms with Gasteiger partial charge in [0.05, 0.1) is 18.3 Å². The Balaban J connectivity index is 1.55. The van der Waals surface area contributed by atoms with Crippen LogP contribution in [-0.2, 0) is 11.3 Å². The molecule has 1 atom stereocenters. The number of nitrogens with one attached hydrogen (secondary N) is 1. The van der Waals surface area contributed by atoms with Gasteiger partial charge in [0, 0.05) is 37.8 Å². The second kappa shape index (κ2) is 11.4. The molecule has 0 bridgehead atoms. The fourth-order valence-corrected chi connectivity index (χ4v) is 6.13. The van der Waals surface area contributed by atoms with Gasteiger partial charge in [0.15, 0.2) is 5.58 Å². The van der Waals surface area contributed by atoms with Crippen LogP contribution in [0, 0.1) is 11.8 Å². The topological polar surface area (TPSA) is 70.7 Å². The van der Waals surface area contributed by atoms with E-state index in [9.17, 15) is 9.59 Å². The molecule has 36 heavy (non-hydrogen) atoms. The first-order valence-electron chi connectivity index (χ1n) is 14.1. The fraction of sp³-hybridized carbons (Fsp3) is 0.724. The summed E-state index contributed by atoms with van der Waals surface area (Å²) in [6.45, 7) is 15.0. The maximum absolute atomic E-state index is 13.9. The third-order valence-corrected chi connectivity index (χ3v) is 7.83. The van der Waals surface area contributed by atoms with Crippen LogP contribution in [0.4, 0.5) is 0 Å². The van der Waals surface area contributed by atoms with Crippen molar-refractivity contribution in [2.45, 2.75) is 97.7 Å². The molecule has 1 saturated carbocycles. The average molecular weight is 499 g/mol.